The lowest BCUT2D eigenvalue weighted by molar-refractivity contribution is -0.268. The number of nitrogens with zero attached hydrogens (tertiary/aromatic N) is 3. The molecule has 3 aromatic rings. The average molecular weight is 662 g/mol. The van der Waals surface area contributed by atoms with Crippen molar-refractivity contribution in [3.05, 3.63) is 58.4 Å². The minimum Gasteiger partial charge on any atom is -0.494 e. The van der Waals surface area contributed by atoms with Crippen LogP contribution in [0.25, 0.3) is 16.5 Å². The molecular formula is C33H31N3O12. The first-order valence-electron chi connectivity index (χ1n) is 14.8. The van der Waals surface area contributed by atoms with Gasteiger partial charge < -0.3 is 33.9 Å². The summed E-state index contributed by atoms with van der Waals surface area (Å²) in [6, 6.07) is 8.18. The number of amides is 1. The van der Waals surface area contributed by atoms with E-state index in [0.29, 0.717) is 16.5 Å². The minimum absolute atomic E-state index is 0.00129. The van der Waals surface area contributed by atoms with Gasteiger partial charge in [0.2, 0.25) is 5.88 Å². The number of aromatic hydroxyl groups is 1. The molecule has 2 aliphatic rings. The summed E-state index contributed by atoms with van der Waals surface area (Å²) in [5, 5.41) is 21.8. The highest BCUT2D eigenvalue weighted by molar-refractivity contribution is 6.24. The van der Waals surface area contributed by atoms with Crippen molar-refractivity contribution in [1.82, 2.24) is 9.55 Å². The Hall–Kier alpha value is -5.59. The second-order valence-corrected chi connectivity index (χ2v) is 10.8. The summed E-state index contributed by atoms with van der Waals surface area (Å²) in [4.78, 5) is 70.5. The summed E-state index contributed by atoms with van der Waals surface area (Å²) in [6.45, 7) is 3.85. The van der Waals surface area contributed by atoms with Crippen molar-refractivity contribution in [2.24, 2.45) is 4.99 Å². The van der Waals surface area contributed by atoms with E-state index >= 15 is 0 Å². The fourth-order valence-electron chi connectivity index (χ4n) is 5.70. The highest BCUT2D eigenvalue weighted by Gasteiger charge is 2.53. The van der Waals surface area contributed by atoms with Gasteiger partial charge in [0, 0.05) is 56.5 Å². The Morgan fingerprint density at radius 3 is 2.29 bits per heavy atom. The molecule has 48 heavy (non-hydrogen) atoms. The highest BCUT2D eigenvalue weighted by Crippen LogP contribution is 2.43. The SMILES string of the molecule is CC(=O)OC[C@H]1O[C@@H](n2c(O)c(C3=c4cc(C#CCCO)cnc4=NC3=O)c3ccccc32)[C@H](OC(C)=O)[C@@H](OC(C)=O)[C@@H]1OC(C)=O. The Labute approximate surface area is 272 Å². The van der Waals surface area contributed by atoms with Crippen LogP contribution < -0.4 is 10.7 Å². The second-order valence-electron chi connectivity index (χ2n) is 10.8. The van der Waals surface area contributed by atoms with Crippen molar-refractivity contribution in [3.8, 4) is 17.7 Å². The summed E-state index contributed by atoms with van der Waals surface area (Å²) in [7, 11) is 0. The summed E-state index contributed by atoms with van der Waals surface area (Å²) in [5.41, 5.74) is 0.889. The van der Waals surface area contributed by atoms with Gasteiger partial charge >= 0.3 is 23.9 Å². The van der Waals surface area contributed by atoms with Crippen molar-refractivity contribution < 1.29 is 57.9 Å². The lowest BCUT2D eigenvalue weighted by atomic mass is 9.97. The summed E-state index contributed by atoms with van der Waals surface area (Å²) in [5.74, 6) is 1.33. The fourth-order valence-corrected chi connectivity index (χ4v) is 5.70. The van der Waals surface area contributed by atoms with Gasteiger partial charge in [-0.1, -0.05) is 30.0 Å². The van der Waals surface area contributed by atoms with E-state index in [4.69, 9.17) is 28.8 Å². The molecule has 15 nitrogen and oxygen atoms in total. The molecule has 1 saturated heterocycles. The van der Waals surface area contributed by atoms with Gasteiger partial charge in [0.25, 0.3) is 5.91 Å². The van der Waals surface area contributed by atoms with Crippen LogP contribution in [0, 0.1) is 11.8 Å². The molecule has 0 saturated carbocycles. The predicted octanol–water partition coefficient (Wildman–Crippen LogP) is 0.0902. The molecule has 15 heteroatoms. The van der Waals surface area contributed by atoms with Crippen LogP contribution in [0.3, 0.4) is 0 Å². The van der Waals surface area contributed by atoms with Crippen molar-refractivity contribution in [2.45, 2.75) is 64.8 Å². The zero-order chi connectivity index (χ0) is 34.7. The number of fused-ring (bicyclic) bond motifs is 2. The number of aromatic nitrogens is 2. The van der Waals surface area contributed by atoms with E-state index in [1.165, 1.54) is 10.8 Å². The van der Waals surface area contributed by atoms with Crippen LogP contribution in [0.5, 0.6) is 5.88 Å². The Kier molecular flexibility index (Phi) is 9.87. The Balaban J connectivity index is 1.76. The van der Waals surface area contributed by atoms with Gasteiger partial charge in [-0.05, 0) is 12.1 Å². The van der Waals surface area contributed by atoms with Crippen LogP contribution in [0.1, 0.15) is 51.5 Å². The third kappa shape index (κ3) is 6.75. The van der Waals surface area contributed by atoms with E-state index < -0.39 is 72.9 Å². The zero-order valence-corrected chi connectivity index (χ0v) is 26.3. The molecule has 250 valence electrons. The lowest BCUT2D eigenvalue weighted by Crippen LogP contribution is -2.60. The molecule has 1 amide bonds. The number of aliphatic hydroxyl groups excluding tert-OH is 1. The standard InChI is InChI=1S/C33H31N3O12/c1-16(38)44-15-24-27(45-17(2)39)28(46-18(3)40)29(47-19(4)41)33(48-24)36-23-11-6-5-10-21(23)26(32(36)43)25-22-13-20(9-7-8-12-37)14-34-30(22)35-31(25)42/h5-6,10-11,13-14,24,27-29,33,37,43H,8,12,15H2,1-4H3/t24-,27-,28+,29-,33-/m1/s1. The monoisotopic (exact) mass is 661 g/mol. The number of rotatable bonds is 8. The van der Waals surface area contributed by atoms with Crippen molar-refractivity contribution in [3.63, 3.8) is 0 Å². The van der Waals surface area contributed by atoms with Crippen molar-refractivity contribution in [1.29, 1.82) is 0 Å². The maximum atomic E-state index is 13.4. The largest absolute Gasteiger partial charge is 0.494 e. The number of carbonyl (C=O) groups is 5. The molecule has 2 N–H and O–H groups in total. The number of aliphatic hydroxyl groups is 1. The lowest BCUT2D eigenvalue weighted by Gasteiger charge is -2.45. The zero-order valence-electron chi connectivity index (χ0n) is 26.3. The normalized spacial score (nSPS) is 21.4. The molecular weight excluding hydrogens is 630 g/mol. The molecule has 1 aromatic carbocycles. The smallest absolute Gasteiger partial charge is 0.303 e. The van der Waals surface area contributed by atoms with Gasteiger partial charge in [-0.25, -0.2) is 4.98 Å². The number of esters is 4. The number of ether oxygens (including phenoxy) is 5. The maximum absolute atomic E-state index is 13.4. The van der Waals surface area contributed by atoms with E-state index in [0.717, 1.165) is 27.7 Å². The molecule has 0 radical (unpaired) electrons. The number of carbonyl (C=O) groups excluding carboxylic acids is 5. The van der Waals surface area contributed by atoms with Gasteiger partial charge in [0.1, 0.15) is 12.7 Å². The molecule has 0 unspecified atom stereocenters. The number of hydrogen-bond acceptors (Lipinski definition) is 13. The van der Waals surface area contributed by atoms with Crippen LogP contribution in [0.2, 0.25) is 0 Å². The number of hydrogen-bond donors (Lipinski definition) is 2. The third-order valence-electron chi connectivity index (χ3n) is 7.38. The summed E-state index contributed by atoms with van der Waals surface area (Å²) < 4.78 is 29.4. The highest BCUT2D eigenvalue weighted by atomic mass is 16.7. The van der Waals surface area contributed by atoms with Gasteiger partial charge in [-0.15, -0.1) is 0 Å². The Bertz CT molecular complexity index is 2010. The Morgan fingerprint density at radius 1 is 0.958 bits per heavy atom. The van der Waals surface area contributed by atoms with Gasteiger partial charge in [0.15, 0.2) is 30.0 Å². The minimum atomic E-state index is -1.53. The van der Waals surface area contributed by atoms with Gasteiger partial charge in [0.05, 0.1) is 23.3 Å². The molecule has 5 atom stereocenters. The first kappa shape index (κ1) is 33.8. The third-order valence-corrected chi connectivity index (χ3v) is 7.38. The van der Waals surface area contributed by atoms with Crippen molar-refractivity contribution >= 4 is 46.3 Å². The van der Waals surface area contributed by atoms with Gasteiger partial charge in [-0.2, -0.15) is 4.99 Å². The quantitative estimate of drug-likeness (QED) is 0.187. The van der Waals surface area contributed by atoms with E-state index in [2.05, 4.69) is 21.8 Å². The first-order valence-corrected chi connectivity index (χ1v) is 14.8. The molecule has 1 fully saturated rings. The summed E-state index contributed by atoms with van der Waals surface area (Å²) >= 11 is 0. The first-order chi connectivity index (χ1) is 22.9. The van der Waals surface area contributed by atoms with Gasteiger partial charge in [-0.3, -0.25) is 28.5 Å². The molecule has 2 aromatic heterocycles. The van der Waals surface area contributed by atoms with Crippen molar-refractivity contribution in [2.75, 3.05) is 13.2 Å². The molecule has 4 heterocycles. The Morgan fingerprint density at radius 2 is 1.62 bits per heavy atom. The van der Waals surface area contributed by atoms with Crippen LogP contribution >= 0.6 is 0 Å². The predicted molar refractivity (Wildman–Crippen MR) is 162 cm³/mol. The topological polar surface area (TPSA) is 202 Å². The molecule has 0 spiro atoms. The van der Waals surface area contributed by atoms with Crippen LogP contribution in [-0.2, 0) is 47.7 Å². The average Bonchev–Trinajstić information content (AvgIpc) is 3.49. The van der Waals surface area contributed by atoms with E-state index in [1.54, 1.807) is 30.3 Å². The van der Waals surface area contributed by atoms with E-state index in [9.17, 15) is 29.1 Å². The van der Waals surface area contributed by atoms with Crippen LogP contribution in [-0.4, -0.2) is 87.2 Å². The molecule has 2 aliphatic heterocycles. The van der Waals surface area contributed by atoms with E-state index in [1.807, 2.05) is 0 Å². The fraction of sp³-hybridized carbons (Fsp3) is 0.364. The number of pyridine rings is 1. The summed E-state index contributed by atoms with van der Waals surface area (Å²) in [6.07, 6.45) is -5.57. The molecule has 0 bridgehead atoms. The number of benzene rings is 1. The molecule has 0 aliphatic carbocycles. The number of para-hydroxylation sites is 1. The van der Waals surface area contributed by atoms with Crippen LogP contribution in [0.4, 0.5) is 0 Å². The van der Waals surface area contributed by atoms with E-state index in [-0.39, 0.29) is 34.9 Å². The van der Waals surface area contributed by atoms with Crippen LogP contribution in [0.15, 0.2) is 41.5 Å². The second kappa shape index (κ2) is 14.0. The molecule has 5 rings (SSSR count). The maximum Gasteiger partial charge on any atom is 0.303 e.